The van der Waals surface area contributed by atoms with Crippen molar-refractivity contribution in [2.75, 3.05) is 13.1 Å². The summed E-state index contributed by atoms with van der Waals surface area (Å²) in [5.74, 6) is -3.79. The highest BCUT2D eigenvalue weighted by Crippen LogP contribution is 2.10. The topological polar surface area (TPSA) is 244 Å². The Kier molecular flexibility index (Phi) is 15.7. The van der Waals surface area contributed by atoms with Crippen molar-refractivity contribution in [3.8, 4) is 0 Å². The van der Waals surface area contributed by atoms with Gasteiger partial charge in [0.25, 0.3) is 0 Å². The highest BCUT2D eigenvalue weighted by molar-refractivity contribution is 5.94. The second-order valence-electron chi connectivity index (χ2n) is 11.4. The first-order valence-corrected chi connectivity index (χ1v) is 15.1. The normalized spacial score (nSPS) is 13.4. The molecule has 0 spiro atoms. The van der Waals surface area contributed by atoms with Gasteiger partial charge in [-0.15, -0.1) is 0 Å². The number of rotatable bonds is 19. The highest BCUT2D eigenvalue weighted by atomic mass is 16.4. The number of carboxylic acids is 1. The molecular weight excluding hydrogens is 592 g/mol. The van der Waals surface area contributed by atoms with Gasteiger partial charge < -0.3 is 43.6 Å². The van der Waals surface area contributed by atoms with Gasteiger partial charge in [-0.25, -0.2) is 4.79 Å². The third kappa shape index (κ3) is 14.2. The van der Waals surface area contributed by atoms with Gasteiger partial charge in [-0.05, 0) is 36.3 Å². The highest BCUT2D eigenvalue weighted by Gasteiger charge is 2.30. The Hall–Kier alpha value is -4.98. The molecule has 0 bridgehead atoms. The van der Waals surface area contributed by atoms with Gasteiger partial charge in [-0.3, -0.25) is 24.2 Å². The van der Waals surface area contributed by atoms with Crippen LogP contribution < -0.4 is 38.5 Å². The van der Waals surface area contributed by atoms with Gasteiger partial charge in [0, 0.05) is 19.4 Å². The van der Waals surface area contributed by atoms with Crippen molar-refractivity contribution in [2.45, 2.75) is 70.1 Å². The molecule has 0 aliphatic carbocycles. The predicted molar refractivity (Wildman–Crippen MR) is 174 cm³/mol. The van der Waals surface area contributed by atoms with Crippen molar-refractivity contribution in [1.29, 1.82) is 0 Å². The molecule has 11 N–H and O–H groups in total. The Balaban J connectivity index is 2.17. The summed E-state index contributed by atoms with van der Waals surface area (Å²) in [6.07, 6.45) is 1.11. The van der Waals surface area contributed by atoms with Gasteiger partial charge in [0.1, 0.15) is 18.1 Å². The maximum Gasteiger partial charge on any atom is 0.326 e. The summed E-state index contributed by atoms with van der Waals surface area (Å²) in [6, 6.07) is 13.6. The van der Waals surface area contributed by atoms with E-state index in [9.17, 15) is 29.1 Å². The molecule has 0 aromatic heterocycles. The molecule has 46 heavy (non-hydrogen) atoms. The molecule has 0 saturated carbocycles. The van der Waals surface area contributed by atoms with Crippen molar-refractivity contribution in [3.05, 3.63) is 71.8 Å². The van der Waals surface area contributed by atoms with E-state index in [4.69, 9.17) is 17.2 Å². The molecule has 0 aliphatic heterocycles. The average molecular weight is 639 g/mol. The van der Waals surface area contributed by atoms with Crippen molar-refractivity contribution >= 4 is 35.6 Å². The minimum Gasteiger partial charge on any atom is -0.480 e. The summed E-state index contributed by atoms with van der Waals surface area (Å²) in [5.41, 5.74) is 17.9. The number of nitrogens with two attached hydrogens (primary N) is 3. The van der Waals surface area contributed by atoms with Gasteiger partial charge >= 0.3 is 5.97 Å². The van der Waals surface area contributed by atoms with Crippen molar-refractivity contribution < 1.29 is 29.1 Å². The molecule has 0 aliphatic rings. The summed E-state index contributed by atoms with van der Waals surface area (Å²) >= 11 is 0. The lowest BCUT2D eigenvalue weighted by Crippen LogP contribution is -2.57. The molecule has 14 nitrogen and oxygen atoms in total. The van der Waals surface area contributed by atoms with Gasteiger partial charge in [-0.1, -0.05) is 74.5 Å². The van der Waals surface area contributed by atoms with E-state index < -0.39 is 60.3 Å². The summed E-state index contributed by atoms with van der Waals surface area (Å²) in [7, 11) is 0. The first-order valence-electron chi connectivity index (χ1n) is 15.1. The standard InChI is InChI=1S/C32H46N8O6/c1-20(2)16-26(31(45)46)40-30(44)25(18-22-12-7-4-8-13-22)39-29(43)24(17-21-10-5-3-6-11-21)38-27(41)19-37-28(42)23(33)14-9-15-36-32(34)35/h3-8,10-13,20,23-26H,9,14-19,33H2,1-2H3,(H,37,42)(H,38,41)(H,39,43)(H,40,44)(H,45,46)(H4,34,35,36)/t23-,24-,25-,26-/m0/s1. The van der Waals surface area contributed by atoms with Crippen molar-refractivity contribution in [1.82, 2.24) is 21.3 Å². The van der Waals surface area contributed by atoms with Crippen LogP contribution in [-0.4, -0.2) is 77.9 Å². The molecule has 2 rings (SSSR count). The number of aliphatic carboxylic acids is 1. The molecule has 0 fully saturated rings. The van der Waals surface area contributed by atoms with Crippen LogP contribution in [0, 0.1) is 5.92 Å². The number of benzene rings is 2. The molecule has 14 heteroatoms. The third-order valence-electron chi connectivity index (χ3n) is 6.90. The molecule has 2 aromatic rings. The Morgan fingerprint density at radius 3 is 1.74 bits per heavy atom. The molecule has 0 saturated heterocycles. The second-order valence-corrected chi connectivity index (χ2v) is 11.4. The summed E-state index contributed by atoms with van der Waals surface area (Å²) < 4.78 is 0. The number of nitrogens with zero attached hydrogens (tertiary/aromatic N) is 1. The fraction of sp³-hybridized carbons (Fsp3) is 0.438. The van der Waals surface area contributed by atoms with Crippen molar-refractivity contribution in [2.24, 2.45) is 28.1 Å². The van der Waals surface area contributed by atoms with Gasteiger partial charge in [0.15, 0.2) is 5.96 Å². The van der Waals surface area contributed by atoms with E-state index in [0.717, 1.165) is 11.1 Å². The fourth-order valence-corrected chi connectivity index (χ4v) is 4.55. The predicted octanol–water partition coefficient (Wildman–Crippen LogP) is -0.446. The smallest absolute Gasteiger partial charge is 0.326 e. The van der Waals surface area contributed by atoms with Crippen molar-refractivity contribution in [3.63, 3.8) is 0 Å². The summed E-state index contributed by atoms with van der Waals surface area (Å²) in [5, 5.41) is 20.0. The van der Waals surface area contributed by atoms with Gasteiger partial charge in [0.05, 0.1) is 12.6 Å². The van der Waals surface area contributed by atoms with E-state index >= 15 is 0 Å². The van der Waals surface area contributed by atoms with Crippen LogP contribution in [0.4, 0.5) is 0 Å². The number of hydrogen-bond acceptors (Lipinski definition) is 7. The number of amides is 4. The Morgan fingerprint density at radius 2 is 1.26 bits per heavy atom. The summed E-state index contributed by atoms with van der Waals surface area (Å²) in [6.45, 7) is 3.54. The largest absolute Gasteiger partial charge is 0.480 e. The second kappa shape index (κ2) is 19.4. The quantitative estimate of drug-likeness (QED) is 0.0564. The monoisotopic (exact) mass is 638 g/mol. The molecule has 2 aromatic carbocycles. The van der Waals surface area contributed by atoms with Crippen LogP contribution >= 0.6 is 0 Å². The van der Waals surface area contributed by atoms with E-state index in [0.29, 0.717) is 13.0 Å². The lowest BCUT2D eigenvalue weighted by Gasteiger charge is -2.25. The number of nitrogens with one attached hydrogen (secondary N) is 4. The van der Waals surface area contributed by atoms with Crippen LogP contribution in [-0.2, 0) is 36.8 Å². The lowest BCUT2D eigenvalue weighted by molar-refractivity contribution is -0.142. The number of aliphatic imine (C=N–C) groups is 1. The van der Waals surface area contributed by atoms with E-state index in [1.807, 2.05) is 26.0 Å². The molecular formula is C32H46N8O6. The Morgan fingerprint density at radius 1 is 0.761 bits per heavy atom. The number of carbonyl (C=O) groups excluding carboxylic acids is 4. The zero-order valence-electron chi connectivity index (χ0n) is 26.3. The van der Waals surface area contributed by atoms with E-state index in [-0.39, 0.29) is 37.6 Å². The third-order valence-corrected chi connectivity index (χ3v) is 6.90. The molecule has 4 atom stereocenters. The van der Waals surface area contributed by atoms with Crippen LogP contribution in [0.2, 0.25) is 0 Å². The SMILES string of the molecule is CC(C)C[C@H](NC(=O)[C@H](Cc1ccccc1)NC(=O)[C@H](Cc1ccccc1)NC(=O)CNC(=O)[C@@H](N)CCCN=C(N)N)C(=O)O. The average Bonchev–Trinajstić information content (AvgIpc) is 3.01. The van der Waals surface area contributed by atoms with Crippen LogP contribution in [0.25, 0.3) is 0 Å². The maximum absolute atomic E-state index is 13.7. The molecule has 0 unspecified atom stereocenters. The van der Waals surface area contributed by atoms with Gasteiger partial charge in [-0.2, -0.15) is 0 Å². The zero-order valence-corrected chi connectivity index (χ0v) is 26.3. The fourth-order valence-electron chi connectivity index (χ4n) is 4.55. The summed E-state index contributed by atoms with van der Waals surface area (Å²) in [4.78, 5) is 68.1. The van der Waals surface area contributed by atoms with Crippen LogP contribution in [0.3, 0.4) is 0 Å². The lowest BCUT2D eigenvalue weighted by atomic mass is 10.0. The van der Waals surface area contributed by atoms with E-state index in [2.05, 4.69) is 26.3 Å². The molecule has 0 heterocycles. The van der Waals surface area contributed by atoms with Gasteiger partial charge in [0.2, 0.25) is 23.6 Å². The number of carbonyl (C=O) groups is 5. The number of hydrogen-bond donors (Lipinski definition) is 8. The number of guanidine groups is 1. The zero-order chi connectivity index (χ0) is 34.1. The Labute approximate surface area is 269 Å². The molecule has 0 radical (unpaired) electrons. The van der Waals surface area contributed by atoms with E-state index in [1.54, 1.807) is 48.5 Å². The Bertz CT molecular complexity index is 1320. The molecule has 4 amide bonds. The first-order chi connectivity index (χ1) is 21.8. The van der Waals surface area contributed by atoms with Crippen LogP contribution in [0.5, 0.6) is 0 Å². The maximum atomic E-state index is 13.7. The minimum atomic E-state index is -1.18. The van der Waals surface area contributed by atoms with E-state index in [1.165, 1.54) is 0 Å². The van der Waals surface area contributed by atoms with Crippen LogP contribution in [0.15, 0.2) is 65.7 Å². The number of carboxylic acid groups (broad SMARTS) is 1. The first kappa shape index (κ1) is 37.2. The minimum absolute atomic E-state index is 0.00578. The molecule has 250 valence electrons. The van der Waals surface area contributed by atoms with Crippen LogP contribution in [0.1, 0.15) is 44.2 Å².